The number of anilines is 1. The van der Waals surface area contributed by atoms with Crippen molar-refractivity contribution in [3.05, 3.63) is 24.2 Å². The molecule has 0 saturated carbocycles. The molecule has 0 amide bonds. The molecule has 19 heavy (non-hydrogen) atoms. The summed E-state index contributed by atoms with van der Waals surface area (Å²) in [7, 11) is 1.66. The van der Waals surface area contributed by atoms with Gasteiger partial charge >= 0.3 is 0 Å². The van der Waals surface area contributed by atoms with Crippen LogP contribution in [0.5, 0.6) is 0 Å². The molecular weight excluding hydrogens is 242 g/mol. The Balaban J connectivity index is 2.36. The largest absolute Gasteiger partial charge is 0.378 e. The van der Waals surface area contributed by atoms with Crippen LogP contribution in [0.2, 0.25) is 0 Å². The van der Waals surface area contributed by atoms with E-state index in [1.54, 1.807) is 13.3 Å². The van der Waals surface area contributed by atoms with Gasteiger partial charge in [0.15, 0.2) is 5.82 Å². The zero-order valence-electron chi connectivity index (χ0n) is 11.6. The van der Waals surface area contributed by atoms with E-state index in [0.717, 1.165) is 30.2 Å². The third-order valence-electron chi connectivity index (χ3n) is 2.64. The molecule has 0 unspecified atom stereocenters. The molecule has 0 aliphatic rings. The van der Waals surface area contributed by atoms with Gasteiger partial charge in [-0.3, -0.25) is 4.68 Å². The molecule has 2 rings (SSSR count). The molecule has 0 fully saturated rings. The van der Waals surface area contributed by atoms with E-state index < -0.39 is 0 Å². The average molecular weight is 261 g/mol. The van der Waals surface area contributed by atoms with Crippen molar-refractivity contribution in [2.75, 3.05) is 19.0 Å². The van der Waals surface area contributed by atoms with Crippen molar-refractivity contribution < 1.29 is 4.74 Å². The lowest BCUT2D eigenvalue weighted by atomic mass is 10.3. The highest BCUT2D eigenvalue weighted by molar-refractivity contribution is 5.55. The van der Waals surface area contributed by atoms with E-state index in [-0.39, 0.29) is 0 Å². The molecule has 0 aliphatic heterocycles. The molecule has 0 aromatic carbocycles. The number of aryl methyl sites for hydroxylation is 1. The van der Waals surface area contributed by atoms with Gasteiger partial charge in [-0.05, 0) is 13.8 Å². The Hall–Kier alpha value is -1.95. The van der Waals surface area contributed by atoms with Crippen molar-refractivity contribution in [3.8, 4) is 11.4 Å². The lowest BCUT2D eigenvalue weighted by Crippen LogP contribution is -2.04. The standard InChI is InChI=1S/C13H19N5O/c1-4-14-12-6-11(9-19-3)16-13(17-12)10-7-15-18(5-2)8-10/h6-8H,4-5,9H2,1-3H3,(H,14,16,17). The van der Waals surface area contributed by atoms with Gasteiger partial charge in [0.2, 0.25) is 0 Å². The third kappa shape index (κ3) is 3.29. The first-order valence-corrected chi connectivity index (χ1v) is 6.40. The molecule has 2 aromatic heterocycles. The fraction of sp³-hybridized carbons (Fsp3) is 0.462. The Morgan fingerprint density at radius 3 is 2.79 bits per heavy atom. The number of nitrogens with one attached hydrogen (secondary N) is 1. The van der Waals surface area contributed by atoms with Crippen molar-refractivity contribution in [1.29, 1.82) is 0 Å². The molecule has 2 aromatic rings. The van der Waals surface area contributed by atoms with Crippen molar-refractivity contribution in [2.24, 2.45) is 0 Å². The molecule has 0 saturated heterocycles. The normalized spacial score (nSPS) is 10.7. The van der Waals surface area contributed by atoms with Crippen LogP contribution in [-0.2, 0) is 17.9 Å². The summed E-state index contributed by atoms with van der Waals surface area (Å²) in [5.41, 5.74) is 1.77. The maximum atomic E-state index is 5.14. The summed E-state index contributed by atoms with van der Waals surface area (Å²) in [5, 5.41) is 7.45. The van der Waals surface area contributed by atoms with Crippen molar-refractivity contribution in [3.63, 3.8) is 0 Å². The molecule has 0 atom stereocenters. The lowest BCUT2D eigenvalue weighted by molar-refractivity contribution is 0.181. The smallest absolute Gasteiger partial charge is 0.165 e. The lowest BCUT2D eigenvalue weighted by Gasteiger charge is -2.07. The van der Waals surface area contributed by atoms with Crippen LogP contribution in [0.3, 0.4) is 0 Å². The maximum absolute atomic E-state index is 5.14. The van der Waals surface area contributed by atoms with Gasteiger partial charge in [-0.2, -0.15) is 5.10 Å². The van der Waals surface area contributed by atoms with Crippen molar-refractivity contribution in [1.82, 2.24) is 19.7 Å². The topological polar surface area (TPSA) is 64.9 Å². The average Bonchev–Trinajstić information content (AvgIpc) is 2.88. The molecule has 0 aliphatic carbocycles. The predicted molar refractivity (Wildman–Crippen MR) is 73.8 cm³/mol. The molecule has 0 spiro atoms. The second kappa shape index (κ2) is 6.29. The van der Waals surface area contributed by atoms with E-state index in [1.807, 2.05) is 30.8 Å². The highest BCUT2D eigenvalue weighted by Gasteiger charge is 2.08. The van der Waals surface area contributed by atoms with Crippen LogP contribution in [0.15, 0.2) is 18.5 Å². The maximum Gasteiger partial charge on any atom is 0.165 e. The fourth-order valence-electron chi connectivity index (χ4n) is 1.77. The minimum atomic E-state index is 0.468. The van der Waals surface area contributed by atoms with E-state index in [9.17, 15) is 0 Å². The third-order valence-corrected chi connectivity index (χ3v) is 2.64. The van der Waals surface area contributed by atoms with E-state index in [4.69, 9.17) is 4.74 Å². The Morgan fingerprint density at radius 1 is 1.32 bits per heavy atom. The van der Waals surface area contributed by atoms with E-state index in [1.165, 1.54) is 0 Å². The molecular formula is C13H19N5O. The van der Waals surface area contributed by atoms with Gasteiger partial charge in [0.1, 0.15) is 5.82 Å². The molecule has 6 heteroatoms. The van der Waals surface area contributed by atoms with Gasteiger partial charge in [0, 0.05) is 32.5 Å². The van der Waals surface area contributed by atoms with Gasteiger partial charge in [0.25, 0.3) is 0 Å². The molecule has 2 heterocycles. The number of hydrogen-bond acceptors (Lipinski definition) is 5. The van der Waals surface area contributed by atoms with Gasteiger partial charge < -0.3 is 10.1 Å². The summed E-state index contributed by atoms with van der Waals surface area (Å²) in [6, 6.07) is 1.90. The first-order chi connectivity index (χ1) is 9.26. The Labute approximate surface area is 112 Å². The number of ether oxygens (including phenoxy) is 1. The molecule has 102 valence electrons. The molecule has 0 radical (unpaired) electrons. The summed E-state index contributed by atoms with van der Waals surface area (Å²) < 4.78 is 7.00. The van der Waals surface area contributed by atoms with Crippen LogP contribution < -0.4 is 5.32 Å². The summed E-state index contributed by atoms with van der Waals surface area (Å²) in [6.45, 7) is 6.20. The number of hydrogen-bond donors (Lipinski definition) is 1. The van der Waals surface area contributed by atoms with Crippen molar-refractivity contribution in [2.45, 2.75) is 27.0 Å². The van der Waals surface area contributed by atoms with Crippen LogP contribution in [0.4, 0.5) is 5.82 Å². The minimum Gasteiger partial charge on any atom is -0.378 e. The summed E-state index contributed by atoms with van der Waals surface area (Å²) in [5.74, 6) is 1.48. The fourth-order valence-corrected chi connectivity index (χ4v) is 1.77. The molecule has 0 bridgehead atoms. The van der Waals surface area contributed by atoms with Crippen LogP contribution in [0.1, 0.15) is 19.5 Å². The second-order valence-corrected chi connectivity index (χ2v) is 4.12. The molecule has 6 nitrogen and oxygen atoms in total. The predicted octanol–water partition coefficient (Wildman–Crippen LogP) is 1.94. The van der Waals surface area contributed by atoms with E-state index in [2.05, 4.69) is 20.4 Å². The number of nitrogens with zero attached hydrogens (tertiary/aromatic N) is 4. The SMILES string of the molecule is CCNc1cc(COC)nc(-c2cnn(CC)c2)n1. The van der Waals surface area contributed by atoms with Crippen LogP contribution in [-0.4, -0.2) is 33.4 Å². The second-order valence-electron chi connectivity index (χ2n) is 4.12. The number of methoxy groups -OCH3 is 1. The van der Waals surface area contributed by atoms with E-state index in [0.29, 0.717) is 12.4 Å². The summed E-state index contributed by atoms with van der Waals surface area (Å²) in [6.07, 6.45) is 3.73. The molecule has 1 N–H and O–H groups in total. The number of rotatable bonds is 6. The Kier molecular flexibility index (Phi) is 4.46. The van der Waals surface area contributed by atoms with Crippen LogP contribution in [0, 0.1) is 0 Å². The highest BCUT2D eigenvalue weighted by atomic mass is 16.5. The quantitative estimate of drug-likeness (QED) is 0.860. The summed E-state index contributed by atoms with van der Waals surface area (Å²) >= 11 is 0. The van der Waals surface area contributed by atoms with Gasteiger partial charge in [-0.15, -0.1) is 0 Å². The Bertz CT molecular complexity index is 513. The first-order valence-electron chi connectivity index (χ1n) is 6.40. The zero-order chi connectivity index (χ0) is 13.7. The van der Waals surface area contributed by atoms with E-state index >= 15 is 0 Å². The van der Waals surface area contributed by atoms with Crippen LogP contribution in [0.25, 0.3) is 11.4 Å². The van der Waals surface area contributed by atoms with Crippen molar-refractivity contribution >= 4 is 5.82 Å². The van der Waals surface area contributed by atoms with Crippen LogP contribution >= 0.6 is 0 Å². The van der Waals surface area contributed by atoms with Gasteiger partial charge in [-0.1, -0.05) is 0 Å². The monoisotopic (exact) mass is 261 g/mol. The van der Waals surface area contributed by atoms with Gasteiger partial charge in [0.05, 0.1) is 24.1 Å². The number of aromatic nitrogens is 4. The highest BCUT2D eigenvalue weighted by Crippen LogP contribution is 2.17. The first kappa shape index (κ1) is 13.5. The Morgan fingerprint density at radius 2 is 2.16 bits per heavy atom. The summed E-state index contributed by atoms with van der Waals surface area (Å²) in [4.78, 5) is 8.99. The van der Waals surface area contributed by atoms with Gasteiger partial charge in [-0.25, -0.2) is 9.97 Å². The zero-order valence-corrected chi connectivity index (χ0v) is 11.6. The minimum absolute atomic E-state index is 0.468.